The molecule has 3 rings (SSSR count). The molecule has 0 saturated carbocycles. The first-order chi connectivity index (χ1) is 26.4. The van der Waals surface area contributed by atoms with Gasteiger partial charge in [-0.15, -0.1) is 0 Å². The Kier molecular flexibility index (Phi) is 17.6. The van der Waals surface area contributed by atoms with Crippen molar-refractivity contribution in [3.8, 4) is 11.5 Å². The van der Waals surface area contributed by atoms with Crippen molar-refractivity contribution in [1.29, 1.82) is 0 Å². The minimum absolute atomic E-state index is 0.0171. The minimum Gasteiger partial charge on any atom is -0.491 e. The Morgan fingerprint density at radius 1 is 0.946 bits per heavy atom. The van der Waals surface area contributed by atoms with E-state index in [9.17, 15) is 62.2 Å². The van der Waals surface area contributed by atoms with Crippen LogP contribution in [0.2, 0.25) is 0 Å². The molecule has 56 heavy (non-hydrogen) atoms. The normalized spacial score (nSPS) is 21.5. The third-order valence-corrected chi connectivity index (χ3v) is 8.95. The zero-order valence-electron chi connectivity index (χ0n) is 30.6. The van der Waals surface area contributed by atoms with Crippen LogP contribution in [0, 0.1) is 5.92 Å². The van der Waals surface area contributed by atoms with Gasteiger partial charge in [-0.1, -0.05) is 20.3 Å². The van der Waals surface area contributed by atoms with Gasteiger partial charge in [0, 0.05) is 43.3 Å². The number of aliphatic hydroxyl groups is 3. The molecule has 0 aromatic heterocycles. The van der Waals surface area contributed by atoms with Crippen LogP contribution in [0.25, 0.3) is 0 Å². The van der Waals surface area contributed by atoms with Crippen LogP contribution in [0.3, 0.4) is 0 Å². The SMILES string of the molecule is CC(C)C(=O)OCc1ccc(O[C@@H]2O[C@H](C(=O)O)[C@@H](O)[C@H](O)[C@H]2O)cc1OCCOCCNC(=O)[C@H](CS(=O)(=O)O)NC(=O)CCCCCN1C(=O)C=CC1=O. The first kappa shape index (κ1) is 45.7. The lowest BCUT2D eigenvalue weighted by Crippen LogP contribution is -2.61. The van der Waals surface area contributed by atoms with Crippen molar-refractivity contribution in [2.45, 2.75) is 82.9 Å². The lowest BCUT2D eigenvalue weighted by Gasteiger charge is -2.38. The second-order valence-corrected chi connectivity index (χ2v) is 14.5. The summed E-state index contributed by atoms with van der Waals surface area (Å²) in [4.78, 5) is 72.9. The zero-order chi connectivity index (χ0) is 41.6. The molecule has 0 bridgehead atoms. The summed E-state index contributed by atoms with van der Waals surface area (Å²) in [5.74, 6) is -5.91. The Hall–Kier alpha value is -4.71. The van der Waals surface area contributed by atoms with Gasteiger partial charge in [-0.3, -0.25) is 33.4 Å². The number of carboxylic acids is 1. The summed E-state index contributed by atoms with van der Waals surface area (Å²) in [6, 6.07) is 2.55. The van der Waals surface area contributed by atoms with Crippen LogP contribution < -0.4 is 20.1 Å². The van der Waals surface area contributed by atoms with E-state index in [2.05, 4.69) is 10.6 Å². The topological polar surface area (TPSA) is 311 Å². The van der Waals surface area contributed by atoms with E-state index in [-0.39, 0.29) is 57.4 Å². The summed E-state index contributed by atoms with van der Waals surface area (Å²) in [5, 5.41) is 44.3. The van der Waals surface area contributed by atoms with Crippen molar-refractivity contribution >= 4 is 45.7 Å². The molecule has 7 N–H and O–H groups in total. The molecule has 312 valence electrons. The van der Waals surface area contributed by atoms with Crippen LogP contribution >= 0.6 is 0 Å². The fourth-order valence-electron chi connectivity index (χ4n) is 5.19. The lowest BCUT2D eigenvalue weighted by atomic mass is 9.99. The number of hydrogen-bond donors (Lipinski definition) is 7. The van der Waals surface area contributed by atoms with Gasteiger partial charge in [0.25, 0.3) is 21.9 Å². The molecule has 2 aliphatic heterocycles. The van der Waals surface area contributed by atoms with Crippen LogP contribution in [-0.2, 0) is 59.7 Å². The number of esters is 1. The third-order valence-electron chi connectivity index (χ3n) is 8.19. The van der Waals surface area contributed by atoms with Crippen molar-refractivity contribution in [2.75, 3.05) is 38.7 Å². The van der Waals surface area contributed by atoms with Gasteiger partial charge in [-0.25, -0.2) is 4.79 Å². The average Bonchev–Trinajstić information content (AvgIpc) is 3.45. The van der Waals surface area contributed by atoms with E-state index in [4.69, 9.17) is 23.7 Å². The highest BCUT2D eigenvalue weighted by Gasteiger charge is 2.48. The standard InChI is InChI=1S/C34H47N3O18S/c1-19(2)33(47)53-17-20-7-8-21(54-34-29(43)27(41)28(42)30(55-34)32(45)46)16-23(20)52-15-14-51-13-11-35-31(44)22(18-56(48,49)50)36-24(38)6-4-3-5-12-37-25(39)9-10-26(37)40/h7-10,16,19,22,27-30,34,41-43H,3-6,11-15,17-18H2,1-2H3,(H,35,44)(H,36,38)(H,45,46)(H,48,49,50)/t22-,27-,28-,29+,30-,34+/m0/s1. The molecule has 1 aromatic rings. The molecule has 0 aliphatic carbocycles. The summed E-state index contributed by atoms with van der Waals surface area (Å²) in [5.41, 5.74) is 0.377. The average molecular weight is 818 g/mol. The van der Waals surface area contributed by atoms with E-state index in [1.807, 2.05) is 0 Å². The molecule has 2 heterocycles. The molecule has 21 nitrogen and oxygen atoms in total. The summed E-state index contributed by atoms with van der Waals surface area (Å²) < 4.78 is 59.6. The summed E-state index contributed by atoms with van der Waals surface area (Å²) in [6.45, 7) is 2.83. The van der Waals surface area contributed by atoms with Gasteiger partial charge in [0.05, 0.1) is 19.1 Å². The highest BCUT2D eigenvalue weighted by atomic mass is 32.2. The Morgan fingerprint density at radius 2 is 1.64 bits per heavy atom. The van der Waals surface area contributed by atoms with Crippen LogP contribution in [0.4, 0.5) is 0 Å². The van der Waals surface area contributed by atoms with E-state index in [0.717, 1.165) is 17.1 Å². The number of aliphatic carboxylic acids is 1. The molecule has 22 heteroatoms. The number of carbonyl (C=O) groups excluding carboxylic acids is 5. The fraction of sp³-hybridized carbons (Fsp3) is 0.588. The zero-order valence-corrected chi connectivity index (χ0v) is 31.4. The van der Waals surface area contributed by atoms with Crippen LogP contribution in [0.1, 0.15) is 45.1 Å². The lowest BCUT2D eigenvalue weighted by molar-refractivity contribution is -0.271. The molecule has 0 radical (unpaired) electrons. The monoisotopic (exact) mass is 817 g/mol. The fourth-order valence-corrected chi connectivity index (χ4v) is 5.84. The summed E-state index contributed by atoms with van der Waals surface area (Å²) >= 11 is 0. The van der Waals surface area contributed by atoms with Gasteiger partial charge in [0.1, 0.15) is 54.8 Å². The van der Waals surface area contributed by atoms with Crippen molar-refractivity contribution in [2.24, 2.45) is 5.92 Å². The molecular weight excluding hydrogens is 770 g/mol. The number of amides is 4. The number of nitrogens with zero attached hydrogens (tertiary/aromatic N) is 1. The molecule has 1 fully saturated rings. The van der Waals surface area contributed by atoms with Gasteiger partial charge in [0.2, 0.25) is 18.1 Å². The highest BCUT2D eigenvalue weighted by Crippen LogP contribution is 2.30. The Morgan fingerprint density at radius 3 is 2.29 bits per heavy atom. The predicted molar refractivity (Wildman–Crippen MR) is 188 cm³/mol. The maximum atomic E-state index is 12.7. The third kappa shape index (κ3) is 14.4. The van der Waals surface area contributed by atoms with E-state index in [1.54, 1.807) is 13.8 Å². The van der Waals surface area contributed by atoms with E-state index >= 15 is 0 Å². The molecule has 0 unspecified atom stereocenters. The molecular formula is C34H47N3O18S. The first-order valence-electron chi connectivity index (χ1n) is 17.5. The molecule has 0 spiro atoms. The predicted octanol–water partition coefficient (Wildman–Crippen LogP) is -1.97. The van der Waals surface area contributed by atoms with Gasteiger partial charge < -0.3 is 54.7 Å². The number of imide groups is 1. The largest absolute Gasteiger partial charge is 0.491 e. The van der Waals surface area contributed by atoms with E-state index < -0.39 is 94.1 Å². The van der Waals surface area contributed by atoms with Crippen molar-refractivity contribution < 1.29 is 85.8 Å². The summed E-state index contributed by atoms with van der Waals surface area (Å²) in [7, 11) is -4.67. The van der Waals surface area contributed by atoms with Gasteiger partial charge in [-0.2, -0.15) is 8.42 Å². The van der Waals surface area contributed by atoms with Gasteiger partial charge >= 0.3 is 11.9 Å². The number of ether oxygens (including phenoxy) is 5. The van der Waals surface area contributed by atoms with Gasteiger partial charge in [0.15, 0.2) is 6.10 Å². The quantitative estimate of drug-likeness (QED) is 0.0273. The number of aliphatic hydroxyl groups excluding tert-OH is 3. The maximum absolute atomic E-state index is 12.7. The van der Waals surface area contributed by atoms with Gasteiger partial charge in [-0.05, 0) is 25.0 Å². The number of carboxylic acid groups (broad SMARTS) is 1. The number of nitrogens with one attached hydrogen (secondary N) is 2. The number of benzene rings is 1. The second-order valence-electron chi connectivity index (χ2n) is 13.0. The maximum Gasteiger partial charge on any atom is 0.335 e. The number of carbonyl (C=O) groups is 6. The number of rotatable bonds is 23. The smallest absolute Gasteiger partial charge is 0.335 e. The molecule has 6 atom stereocenters. The second kappa shape index (κ2) is 21.6. The van der Waals surface area contributed by atoms with Crippen LogP contribution in [0.5, 0.6) is 11.5 Å². The van der Waals surface area contributed by atoms with Crippen LogP contribution in [-0.4, -0.2) is 149 Å². The van der Waals surface area contributed by atoms with Crippen molar-refractivity contribution in [1.82, 2.24) is 15.5 Å². The van der Waals surface area contributed by atoms with Crippen molar-refractivity contribution in [3.05, 3.63) is 35.9 Å². The molecule has 1 saturated heterocycles. The Bertz CT molecular complexity index is 1680. The van der Waals surface area contributed by atoms with E-state index in [0.29, 0.717) is 24.8 Å². The Balaban J connectivity index is 1.48. The molecule has 1 aromatic carbocycles. The Labute approximate surface area is 321 Å². The van der Waals surface area contributed by atoms with Crippen molar-refractivity contribution in [3.63, 3.8) is 0 Å². The minimum atomic E-state index is -4.67. The summed E-state index contributed by atoms with van der Waals surface area (Å²) in [6.07, 6.45) is -5.82. The molecule has 2 aliphatic rings. The number of hydrogen-bond acceptors (Lipinski definition) is 16. The molecule has 4 amide bonds. The first-order valence-corrected chi connectivity index (χ1v) is 19.1. The van der Waals surface area contributed by atoms with E-state index in [1.165, 1.54) is 18.2 Å². The number of unbranched alkanes of at least 4 members (excludes halogenated alkanes) is 2. The van der Waals surface area contributed by atoms with Crippen LogP contribution in [0.15, 0.2) is 30.4 Å². The highest BCUT2D eigenvalue weighted by molar-refractivity contribution is 7.85.